The summed E-state index contributed by atoms with van der Waals surface area (Å²) in [5.74, 6) is 1.73. The van der Waals surface area contributed by atoms with Crippen LogP contribution < -0.4 is 0 Å². The van der Waals surface area contributed by atoms with Crippen molar-refractivity contribution < 1.29 is 9.21 Å². The lowest BCUT2D eigenvalue weighted by molar-refractivity contribution is 0.0317. The molecule has 1 aromatic rings. The molecule has 0 spiro atoms. The third-order valence-corrected chi connectivity index (χ3v) is 5.25. The van der Waals surface area contributed by atoms with Crippen LogP contribution in [0.15, 0.2) is 10.7 Å². The molecule has 17 heavy (non-hydrogen) atoms. The van der Waals surface area contributed by atoms with Gasteiger partial charge in [0.25, 0.3) is 0 Å². The van der Waals surface area contributed by atoms with Crippen LogP contribution in [-0.4, -0.2) is 5.78 Å². The zero-order valence-electron chi connectivity index (χ0n) is 10.9. The Bertz CT molecular complexity index is 471. The van der Waals surface area contributed by atoms with E-state index in [9.17, 15) is 4.79 Å². The van der Waals surface area contributed by atoms with E-state index in [-0.39, 0.29) is 17.1 Å². The van der Waals surface area contributed by atoms with Gasteiger partial charge in [0.2, 0.25) is 5.78 Å². The average Bonchev–Trinajstić information content (AvgIpc) is 2.64. The highest BCUT2D eigenvalue weighted by molar-refractivity contribution is 5.98. The van der Waals surface area contributed by atoms with Crippen LogP contribution in [0, 0.1) is 24.2 Å². The SMILES string of the molecule is Cc1coc2c1C[C@]1(C)[C@@H](C)CCC[C@H]1C2=O. The van der Waals surface area contributed by atoms with Gasteiger partial charge in [0.1, 0.15) is 0 Å². The molecule has 2 nitrogen and oxygen atoms in total. The number of carbonyl (C=O) groups is 1. The fourth-order valence-electron chi connectivity index (χ4n) is 3.79. The van der Waals surface area contributed by atoms with Gasteiger partial charge in [0.15, 0.2) is 5.76 Å². The predicted molar refractivity (Wildman–Crippen MR) is 66.1 cm³/mol. The Balaban J connectivity index is 2.12. The van der Waals surface area contributed by atoms with Gasteiger partial charge in [0, 0.05) is 11.5 Å². The number of carbonyl (C=O) groups excluding carboxylic acids is 1. The zero-order valence-corrected chi connectivity index (χ0v) is 10.9. The minimum atomic E-state index is 0.150. The highest BCUT2D eigenvalue weighted by Gasteiger charge is 2.50. The van der Waals surface area contributed by atoms with Crippen molar-refractivity contribution in [3.05, 3.63) is 23.2 Å². The molecule has 0 aromatic carbocycles. The molecule has 1 fully saturated rings. The Morgan fingerprint density at radius 1 is 1.41 bits per heavy atom. The van der Waals surface area contributed by atoms with E-state index in [1.807, 2.05) is 6.92 Å². The number of furan rings is 1. The molecule has 0 radical (unpaired) electrons. The first-order valence-electron chi connectivity index (χ1n) is 6.65. The Morgan fingerprint density at radius 2 is 2.18 bits per heavy atom. The van der Waals surface area contributed by atoms with Crippen molar-refractivity contribution in [2.75, 3.05) is 0 Å². The van der Waals surface area contributed by atoms with Crippen molar-refractivity contribution in [3.8, 4) is 0 Å². The molecule has 2 heteroatoms. The third-order valence-electron chi connectivity index (χ3n) is 5.25. The van der Waals surface area contributed by atoms with Gasteiger partial charge in [-0.15, -0.1) is 0 Å². The first kappa shape index (κ1) is 11.1. The number of rotatable bonds is 0. The van der Waals surface area contributed by atoms with Gasteiger partial charge in [-0.05, 0) is 36.7 Å². The van der Waals surface area contributed by atoms with E-state index in [4.69, 9.17) is 4.42 Å². The Morgan fingerprint density at radius 3 is 2.94 bits per heavy atom. The van der Waals surface area contributed by atoms with E-state index >= 15 is 0 Å². The topological polar surface area (TPSA) is 30.2 Å². The Kier molecular flexibility index (Phi) is 2.26. The molecule has 3 rings (SSSR count). The molecule has 2 aliphatic rings. The van der Waals surface area contributed by atoms with Crippen LogP contribution in [0.2, 0.25) is 0 Å². The van der Waals surface area contributed by atoms with Gasteiger partial charge >= 0.3 is 0 Å². The molecule has 1 heterocycles. The molecule has 0 unspecified atom stereocenters. The molecule has 92 valence electrons. The maximum atomic E-state index is 12.5. The van der Waals surface area contributed by atoms with Crippen LogP contribution >= 0.6 is 0 Å². The lowest BCUT2D eigenvalue weighted by Crippen LogP contribution is -2.46. The summed E-state index contributed by atoms with van der Waals surface area (Å²) in [6.07, 6.45) is 6.24. The summed E-state index contributed by atoms with van der Waals surface area (Å²) >= 11 is 0. The van der Waals surface area contributed by atoms with Crippen LogP contribution in [-0.2, 0) is 6.42 Å². The second-order valence-electron chi connectivity index (χ2n) is 6.16. The van der Waals surface area contributed by atoms with Crippen LogP contribution in [0.25, 0.3) is 0 Å². The number of ketones is 1. The normalized spacial score (nSPS) is 36.5. The van der Waals surface area contributed by atoms with E-state index in [0.29, 0.717) is 11.7 Å². The summed E-state index contributed by atoms with van der Waals surface area (Å²) in [6.45, 7) is 6.65. The van der Waals surface area contributed by atoms with Crippen molar-refractivity contribution in [2.45, 2.75) is 46.5 Å². The standard InChI is InChI=1S/C15H20O2/c1-9-8-17-14-11(9)7-15(3)10(2)5-4-6-12(15)13(14)16/h8,10,12H,4-7H2,1-3H3/t10-,12-,15+/m0/s1. The molecular weight excluding hydrogens is 212 g/mol. The number of hydrogen-bond acceptors (Lipinski definition) is 2. The van der Waals surface area contributed by atoms with Crippen molar-refractivity contribution in [2.24, 2.45) is 17.3 Å². The second kappa shape index (κ2) is 3.47. The minimum absolute atomic E-state index is 0.150. The maximum absolute atomic E-state index is 12.5. The molecule has 0 bridgehead atoms. The lowest BCUT2D eigenvalue weighted by Gasteiger charge is -2.47. The number of hydrogen-bond donors (Lipinski definition) is 0. The van der Waals surface area contributed by atoms with Crippen LogP contribution in [0.4, 0.5) is 0 Å². The highest BCUT2D eigenvalue weighted by atomic mass is 16.3. The van der Waals surface area contributed by atoms with Crippen molar-refractivity contribution >= 4 is 5.78 Å². The molecule has 1 aromatic heterocycles. The summed E-state index contributed by atoms with van der Waals surface area (Å²) in [4.78, 5) is 12.5. The zero-order chi connectivity index (χ0) is 12.2. The molecule has 0 saturated heterocycles. The van der Waals surface area contributed by atoms with Crippen molar-refractivity contribution in [1.29, 1.82) is 0 Å². The summed E-state index contributed by atoms with van der Waals surface area (Å²) in [6, 6.07) is 0. The predicted octanol–water partition coefficient (Wildman–Crippen LogP) is 3.77. The molecular formula is C15H20O2. The number of aryl methyl sites for hydroxylation is 1. The molecule has 0 amide bonds. The van der Waals surface area contributed by atoms with Gasteiger partial charge in [-0.25, -0.2) is 0 Å². The summed E-state index contributed by atoms with van der Waals surface area (Å²) in [5.41, 5.74) is 2.46. The van der Waals surface area contributed by atoms with E-state index in [1.165, 1.54) is 18.4 Å². The average molecular weight is 232 g/mol. The molecule has 2 aliphatic carbocycles. The van der Waals surface area contributed by atoms with E-state index in [1.54, 1.807) is 6.26 Å². The Hall–Kier alpha value is -1.05. The highest BCUT2D eigenvalue weighted by Crippen LogP contribution is 2.52. The van der Waals surface area contributed by atoms with Gasteiger partial charge < -0.3 is 4.42 Å². The molecule has 3 atom stereocenters. The first-order valence-corrected chi connectivity index (χ1v) is 6.65. The number of Topliss-reactive ketones (excluding diaryl/α,β-unsaturated/α-hetero) is 1. The van der Waals surface area contributed by atoms with Crippen molar-refractivity contribution in [1.82, 2.24) is 0 Å². The third kappa shape index (κ3) is 1.36. The minimum Gasteiger partial charge on any atom is -0.461 e. The van der Waals surface area contributed by atoms with Crippen molar-refractivity contribution in [3.63, 3.8) is 0 Å². The van der Waals surface area contributed by atoms with Gasteiger partial charge in [-0.2, -0.15) is 0 Å². The first-order chi connectivity index (χ1) is 8.04. The second-order valence-corrected chi connectivity index (χ2v) is 6.16. The maximum Gasteiger partial charge on any atom is 0.201 e. The monoisotopic (exact) mass is 232 g/mol. The molecule has 0 aliphatic heterocycles. The molecule has 1 saturated carbocycles. The smallest absolute Gasteiger partial charge is 0.201 e. The number of fused-ring (bicyclic) bond motifs is 2. The summed E-state index contributed by atoms with van der Waals surface area (Å²) < 4.78 is 5.48. The quantitative estimate of drug-likeness (QED) is 0.681. The lowest BCUT2D eigenvalue weighted by atomic mass is 9.55. The van der Waals surface area contributed by atoms with Gasteiger partial charge in [-0.1, -0.05) is 26.7 Å². The molecule has 0 N–H and O–H groups in total. The van der Waals surface area contributed by atoms with E-state index < -0.39 is 0 Å². The van der Waals surface area contributed by atoms with E-state index in [2.05, 4.69) is 13.8 Å². The van der Waals surface area contributed by atoms with Crippen LogP contribution in [0.5, 0.6) is 0 Å². The summed E-state index contributed by atoms with van der Waals surface area (Å²) in [5, 5.41) is 0. The van der Waals surface area contributed by atoms with Crippen LogP contribution in [0.1, 0.15) is 54.8 Å². The largest absolute Gasteiger partial charge is 0.461 e. The van der Waals surface area contributed by atoms with Gasteiger partial charge in [-0.3, -0.25) is 4.79 Å². The van der Waals surface area contributed by atoms with E-state index in [0.717, 1.165) is 18.4 Å². The fraction of sp³-hybridized carbons (Fsp3) is 0.667. The van der Waals surface area contributed by atoms with Crippen LogP contribution in [0.3, 0.4) is 0 Å². The van der Waals surface area contributed by atoms with Gasteiger partial charge in [0.05, 0.1) is 6.26 Å². The summed E-state index contributed by atoms with van der Waals surface area (Å²) in [7, 11) is 0. The fourth-order valence-corrected chi connectivity index (χ4v) is 3.79. The Labute approximate surface area is 102 Å².